The highest BCUT2D eigenvalue weighted by molar-refractivity contribution is 7.10. The Labute approximate surface area is 311 Å². The second-order valence-electron chi connectivity index (χ2n) is 13.2. The van der Waals surface area contributed by atoms with E-state index in [1.807, 2.05) is 23.1 Å². The Balaban J connectivity index is 1.40. The predicted octanol–water partition coefficient (Wildman–Crippen LogP) is 6.83. The summed E-state index contributed by atoms with van der Waals surface area (Å²) in [6, 6.07) is 7.49. The molecule has 3 aromatic rings. The first-order chi connectivity index (χ1) is 25.8. The van der Waals surface area contributed by atoms with Gasteiger partial charge in [0.25, 0.3) is 11.8 Å². The molecule has 3 aliphatic heterocycles. The molecule has 6 rings (SSSR count). The van der Waals surface area contributed by atoms with E-state index in [0.29, 0.717) is 55.5 Å². The van der Waals surface area contributed by atoms with Crippen molar-refractivity contribution in [3.05, 3.63) is 76.1 Å². The van der Waals surface area contributed by atoms with Crippen LogP contribution in [0.2, 0.25) is 0 Å². The summed E-state index contributed by atoms with van der Waals surface area (Å²) in [7, 11) is 0. The van der Waals surface area contributed by atoms with Gasteiger partial charge in [-0.3, -0.25) is 9.59 Å². The monoisotopic (exact) mass is 782 g/mol. The van der Waals surface area contributed by atoms with Crippen LogP contribution in [0.5, 0.6) is 17.4 Å². The molecule has 10 nitrogen and oxygen atoms in total. The quantitative estimate of drug-likeness (QED) is 0.206. The van der Waals surface area contributed by atoms with Crippen molar-refractivity contribution in [1.82, 2.24) is 14.8 Å². The third-order valence-corrected chi connectivity index (χ3v) is 10.7. The van der Waals surface area contributed by atoms with Crippen molar-refractivity contribution in [3.63, 3.8) is 0 Å². The lowest BCUT2D eigenvalue weighted by Crippen LogP contribution is -2.69. The molecule has 0 saturated carbocycles. The van der Waals surface area contributed by atoms with Gasteiger partial charge in [0, 0.05) is 56.8 Å². The number of nitrogens with zero attached hydrogens (tertiary/aromatic N) is 4. The van der Waals surface area contributed by atoms with E-state index in [-0.39, 0.29) is 64.5 Å². The number of alkyl halides is 6. The lowest BCUT2D eigenvalue weighted by molar-refractivity contribution is -0.159. The van der Waals surface area contributed by atoms with Gasteiger partial charge in [0.1, 0.15) is 28.5 Å². The van der Waals surface area contributed by atoms with E-state index in [4.69, 9.17) is 14.2 Å². The number of halogens is 6. The highest BCUT2D eigenvalue weighted by Gasteiger charge is 2.56. The third-order valence-electron chi connectivity index (χ3n) is 9.73. The number of amides is 2. The third kappa shape index (κ3) is 8.41. The summed E-state index contributed by atoms with van der Waals surface area (Å²) in [5, 5.41) is 10.4. The Morgan fingerprint density at radius 3 is 2.50 bits per heavy atom. The SMILES string of the molecule is O=C1c2c(C(F)(F)F)ccnc2OCCCC/C=C\C[C@H]2N1CCC[C@@]2(Oc1csc(C(F)(F)F)c1)C(=O)N1CCN(c2ccccc2OCCO)CC1. The number of piperazine rings is 1. The fourth-order valence-corrected chi connectivity index (χ4v) is 7.90. The number of para-hydroxylation sites is 2. The van der Waals surface area contributed by atoms with Crippen LogP contribution >= 0.6 is 11.3 Å². The number of thiophene rings is 1. The van der Waals surface area contributed by atoms with Crippen LogP contribution in [-0.4, -0.2) is 95.9 Å². The molecule has 1 N–H and O–H groups in total. The van der Waals surface area contributed by atoms with Crippen molar-refractivity contribution >= 4 is 28.8 Å². The first-order valence-corrected chi connectivity index (χ1v) is 18.6. The topological polar surface area (TPSA) is 105 Å². The van der Waals surface area contributed by atoms with Crippen LogP contribution in [0.3, 0.4) is 0 Å². The molecule has 2 aromatic heterocycles. The fraction of sp³-hybridized carbons (Fsp3) is 0.486. The second kappa shape index (κ2) is 16.5. The molecule has 2 atom stereocenters. The van der Waals surface area contributed by atoms with Crippen LogP contribution in [0, 0.1) is 0 Å². The molecule has 1 aromatic carbocycles. The molecule has 54 heavy (non-hydrogen) atoms. The number of fused-ring (bicyclic) bond motifs is 2. The van der Waals surface area contributed by atoms with E-state index in [2.05, 4.69) is 4.98 Å². The van der Waals surface area contributed by atoms with Crippen molar-refractivity contribution in [2.24, 2.45) is 0 Å². The molecule has 17 heteroatoms. The summed E-state index contributed by atoms with van der Waals surface area (Å²) >= 11 is 0.389. The summed E-state index contributed by atoms with van der Waals surface area (Å²) in [5.74, 6) is -1.86. The Kier molecular flexibility index (Phi) is 12.0. The number of rotatable bonds is 7. The number of ether oxygens (including phenoxy) is 3. The van der Waals surface area contributed by atoms with Gasteiger partial charge in [-0.05, 0) is 50.3 Å². The summed E-state index contributed by atoms with van der Waals surface area (Å²) in [6.45, 7) is 0.827. The van der Waals surface area contributed by atoms with Gasteiger partial charge in [-0.2, -0.15) is 26.3 Å². The standard InChI is InChI=1S/C37H40F6N4O6S/c38-36(39,40)26-12-14-44-32-31(26)33(49)47-15-8-13-35(29(47)11-4-2-1-3-7-21-52-32,53-25-23-30(54-24-25)37(41,42)43)34(50)46-18-16-45(17-19-46)27-9-5-6-10-28(27)51-22-20-48/h2,4-6,9-10,12,14,23-24,29,48H,1,3,7-8,11,13,15-22H2/b4-2-/t29-,35+/m1/s1. The maximum atomic E-state index is 15.0. The van der Waals surface area contributed by atoms with Gasteiger partial charge in [0.05, 0.1) is 30.5 Å². The van der Waals surface area contributed by atoms with Gasteiger partial charge in [-0.15, -0.1) is 11.3 Å². The molecule has 2 fully saturated rings. The molecule has 0 unspecified atom stereocenters. The van der Waals surface area contributed by atoms with E-state index >= 15 is 4.79 Å². The minimum atomic E-state index is -4.96. The highest BCUT2D eigenvalue weighted by Crippen LogP contribution is 2.44. The van der Waals surface area contributed by atoms with Gasteiger partial charge in [0.2, 0.25) is 11.5 Å². The van der Waals surface area contributed by atoms with E-state index in [9.17, 15) is 36.2 Å². The van der Waals surface area contributed by atoms with Crippen molar-refractivity contribution < 1.29 is 55.2 Å². The minimum Gasteiger partial charge on any atom is -0.489 e. The smallest absolute Gasteiger partial charge is 0.425 e. The Hall–Kier alpha value is -4.51. The summed E-state index contributed by atoms with van der Waals surface area (Å²) in [4.78, 5) is 37.3. The number of hydrogen-bond donors (Lipinski definition) is 1. The van der Waals surface area contributed by atoms with Crippen LogP contribution in [0.15, 0.2) is 60.1 Å². The van der Waals surface area contributed by atoms with Crippen LogP contribution < -0.4 is 19.1 Å². The average Bonchev–Trinajstić information content (AvgIpc) is 3.64. The summed E-state index contributed by atoms with van der Waals surface area (Å²) in [6.07, 6.45) is -3.44. The number of hydrogen-bond acceptors (Lipinski definition) is 9. The number of aliphatic hydroxyl groups is 1. The fourth-order valence-electron chi connectivity index (χ4n) is 7.22. The minimum absolute atomic E-state index is 0.0150. The largest absolute Gasteiger partial charge is 0.489 e. The van der Waals surface area contributed by atoms with E-state index in [0.717, 1.165) is 23.3 Å². The average molecular weight is 783 g/mol. The molecular formula is C37H40F6N4O6S. The number of benzene rings is 1. The van der Waals surface area contributed by atoms with Crippen molar-refractivity contribution in [2.45, 2.75) is 62.5 Å². The van der Waals surface area contributed by atoms with Crippen molar-refractivity contribution in [1.29, 1.82) is 0 Å². The maximum absolute atomic E-state index is 15.0. The molecule has 0 bridgehead atoms. The van der Waals surface area contributed by atoms with Gasteiger partial charge >= 0.3 is 12.4 Å². The Morgan fingerprint density at radius 2 is 1.78 bits per heavy atom. The summed E-state index contributed by atoms with van der Waals surface area (Å²) in [5.41, 5.74) is -3.29. The molecule has 292 valence electrons. The first kappa shape index (κ1) is 39.2. The number of pyridine rings is 1. The van der Waals surface area contributed by atoms with E-state index < -0.39 is 57.7 Å². The number of piperidine rings is 1. The lowest BCUT2D eigenvalue weighted by Gasteiger charge is -2.50. The number of aromatic nitrogens is 1. The van der Waals surface area contributed by atoms with Crippen LogP contribution in [0.4, 0.5) is 32.0 Å². The van der Waals surface area contributed by atoms with Crippen LogP contribution in [0.1, 0.15) is 59.3 Å². The number of carbonyl (C=O) groups excluding carboxylic acids is 2. The lowest BCUT2D eigenvalue weighted by atomic mass is 9.80. The Bertz CT molecular complexity index is 1810. The second-order valence-corrected chi connectivity index (χ2v) is 14.1. The molecule has 0 radical (unpaired) electrons. The van der Waals surface area contributed by atoms with Crippen molar-refractivity contribution in [3.8, 4) is 17.4 Å². The Morgan fingerprint density at radius 1 is 1.00 bits per heavy atom. The van der Waals surface area contributed by atoms with Crippen LogP contribution in [0.25, 0.3) is 0 Å². The molecule has 0 spiro atoms. The van der Waals surface area contributed by atoms with Gasteiger partial charge < -0.3 is 34.0 Å². The zero-order valence-electron chi connectivity index (χ0n) is 29.2. The zero-order chi connectivity index (χ0) is 38.5. The number of carbonyl (C=O) groups is 2. The molecule has 0 aliphatic carbocycles. The van der Waals surface area contributed by atoms with Crippen molar-refractivity contribution in [2.75, 3.05) is 57.4 Å². The van der Waals surface area contributed by atoms with E-state index in [1.165, 1.54) is 9.80 Å². The van der Waals surface area contributed by atoms with Crippen LogP contribution in [-0.2, 0) is 17.1 Å². The van der Waals surface area contributed by atoms with E-state index in [1.54, 1.807) is 18.2 Å². The molecular weight excluding hydrogens is 742 g/mol. The highest BCUT2D eigenvalue weighted by atomic mass is 32.1. The zero-order valence-corrected chi connectivity index (χ0v) is 30.0. The van der Waals surface area contributed by atoms with Gasteiger partial charge in [-0.1, -0.05) is 24.3 Å². The number of anilines is 1. The first-order valence-electron chi connectivity index (χ1n) is 17.7. The molecule has 2 amide bonds. The number of aliphatic hydroxyl groups excluding tert-OH is 1. The molecule has 3 aliphatic rings. The van der Waals surface area contributed by atoms with Gasteiger partial charge in [0.15, 0.2) is 0 Å². The van der Waals surface area contributed by atoms with Gasteiger partial charge in [-0.25, -0.2) is 4.98 Å². The molecule has 2 saturated heterocycles. The molecule has 5 heterocycles. The maximum Gasteiger partial charge on any atom is 0.425 e. The number of allylic oxidation sites excluding steroid dienone is 1. The normalized spacial score (nSPS) is 22.2. The predicted molar refractivity (Wildman–Crippen MR) is 187 cm³/mol. The summed E-state index contributed by atoms with van der Waals surface area (Å²) < 4.78 is 103.